The van der Waals surface area contributed by atoms with Gasteiger partial charge in [0.2, 0.25) is 5.71 Å². The number of ether oxygens (including phenoxy) is 2. The fraction of sp³-hybridized carbons (Fsp3) is 0.0625. The number of nitriles is 1. The van der Waals surface area contributed by atoms with Crippen molar-refractivity contribution in [3.63, 3.8) is 0 Å². The molecule has 26 heavy (non-hydrogen) atoms. The van der Waals surface area contributed by atoms with Crippen LogP contribution in [0.15, 0.2) is 47.6 Å². The zero-order chi connectivity index (χ0) is 19.1. The van der Waals surface area contributed by atoms with Gasteiger partial charge in [-0.25, -0.2) is 0 Å². The molecule has 0 spiro atoms. The molecule has 0 fully saturated rings. The first-order valence-electron chi connectivity index (χ1n) is 7.12. The number of rotatable bonds is 7. The van der Waals surface area contributed by atoms with Crippen molar-refractivity contribution in [1.82, 2.24) is 0 Å². The zero-order valence-electron chi connectivity index (χ0n) is 13.6. The minimum absolute atomic E-state index is 0.184. The van der Waals surface area contributed by atoms with Gasteiger partial charge in [0.15, 0.2) is 5.84 Å². The number of nitrogens with two attached hydrogens (primary N) is 1. The second-order valence-electron chi connectivity index (χ2n) is 4.85. The van der Waals surface area contributed by atoms with Crippen molar-refractivity contribution < 1.29 is 14.4 Å². The number of amidine groups is 1. The highest BCUT2D eigenvalue weighted by Crippen LogP contribution is 2.30. The fourth-order valence-corrected chi connectivity index (χ4v) is 1.86. The second kappa shape index (κ2) is 8.11. The number of nitro groups is 1. The molecule has 0 saturated carbocycles. The quantitative estimate of drug-likeness (QED) is 0.298. The second-order valence-corrected chi connectivity index (χ2v) is 4.85. The SMILES string of the molecule is COc1ccc(Oc2cc(N/N=C(\C#N)C(=N)N)cc([N+](=O)[O-])c2)cc1. The number of methoxy groups -OCH3 is 1. The molecule has 0 aliphatic carbocycles. The van der Waals surface area contributed by atoms with Crippen LogP contribution in [-0.2, 0) is 0 Å². The van der Waals surface area contributed by atoms with Crippen LogP contribution in [0.25, 0.3) is 0 Å². The van der Waals surface area contributed by atoms with Gasteiger partial charge in [0.05, 0.1) is 23.8 Å². The van der Waals surface area contributed by atoms with Crippen LogP contribution >= 0.6 is 0 Å². The first-order chi connectivity index (χ1) is 12.4. The van der Waals surface area contributed by atoms with Crippen LogP contribution in [0.1, 0.15) is 0 Å². The number of hydrogen-bond donors (Lipinski definition) is 3. The van der Waals surface area contributed by atoms with Crippen molar-refractivity contribution in [2.24, 2.45) is 10.8 Å². The normalized spacial score (nSPS) is 10.5. The molecular formula is C16H14N6O4. The highest BCUT2D eigenvalue weighted by Gasteiger charge is 2.12. The van der Waals surface area contributed by atoms with Gasteiger partial charge in [0.25, 0.3) is 5.69 Å². The molecule has 0 heterocycles. The topological polar surface area (TPSA) is 160 Å². The number of benzene rings is 2. The predicted molar refractivity (Wildman–Crippen MR) is 94.7 cm³/mol. The first-order valence-corrected chi connectivity index (χ1v) is 7.12. The lowest BCUT2D eigenvalue weighted by molar-refractivity contribution is -0.384. The highest BCUT2D eigenvalue weighted by molar-refractivity contribution is 6.45. The maximum absolute atomic E-state index is 11.1. The Morgan fingerprint density at radius 3 is 2.46 bits per heavy atom. The van der Waals surface area contributed by atoms with Crippen molar-refractivity contribution in [2.75, 3.05) is 12.5 Å². The van der Waals surface area contributed by atoms with E-state index in [1.54, 1.807) is 30.3 Å². The number of nitro benzene ring substituents is 1. The Labute approximate surface area is 148 Å². The molecule has 2 aromatic carbocycles. The average molecular weight is 354 g/mol. The van der Waals surface area contributed by atoms with E-state index >= 15 is 0 Å². The third-order valence-electron chi connectivity index (χ3n) is 3.06. The van der Waals surface area contributed by atoms with Gasteiger partial charge in [0, 0.05) is 12.1 Å². The molecule has 10 nitrogen and oxygen atoms in total. The Bertz CT molecular complexity index is 902. The number of hydrazone groups is 1. The molecule has 10 heteroatoms. The van der Waals surface area contributed by atoms with Crippen LogP contribution in [0.4, 0.5) is 11.4 Å². The third-order valence-corrected chi connectivity index (χ3v) is 3.06. The molecule has 0 atom stereocenters. The monoisotopic (exact) mass is 354 g/mol. The van der Waals surface area contributed by atoms with Gasteiger partial charge in [-0.1, -0.05) is 0 Å². The van der Waals surface area contributed by atoms with E-state index in [2.05, 4.69) is 10.5 Å². The molecule has 0 aromatic heterocycles. The number of anilines is 1. The Balaban J connectivity index is 2.31. The molecule has 0 aliphatic heterocycles. The molecule has 0 amide bonds. The van der Waals surface area contributed by atoms with E-state index in [0.717, 1.165) is 0 Å². The predicted octanol–water partition coefficient (Wildman–Crippen LogP) is 2.62. The number of non-ortho nitro benzene ring substituents is 1. The van der Waals surface area contributed by atoms with Gasteiger partial charge >= 0.3 is 0 Å². The molecule has 0 unspecified atom stereocenters. The van der Waals surface area contributed by atoms with Gasteiger partial charge in [-0.3, -0.25) is 20.9 Å². The van der Waals surface area contributed by atoms with Crippen LogP contribution in [0.5, 0.6) is 17.2 Å². The number of hydrogen-bond acceptors (Lipinski definition) is 8. The summed E-state index contributed by atoms with van der Waals surface area (Å²) in [6, 6.07) is 12.2. The summed E-state index contributed by atoms with van der Waals surface area (Å²) in [6.45, 7) is 0. The standard InChI is InChI=1S/C16H14N6O4/c1-25-12-2-4-13(5-3-12)26-14-7-10(6-11(8-14)22(23)24)20-21-15(9-17)16(18)19/h2-8,20H,1H3,(H3,18,19)/b21-15+. The van der Waals surface area contributed by atoms with Gasteiger partial charge in [-0.15, -0.1) is 0 Å². The van der Waals surface area contributed by atoms with E-state index in [4.69, 9.17) is 25.9 Å². The van der Waals surface area contributed by atoms with E-state index in [1.807, 2.05) is 0 Å². The smallest absolute Gasteiger partial charge is 0.275 e. The minimum Gasteiger partial charge on any atom is -0.497 e. The van der Waals surface area contributed by atoms with E-state index < -0.39 is 10.8 Å². The molecule has 2 aromatic rings. The van der Waals surface area contributed by atoms with Crippen molar-refractivity contribution in [1.29, 1.82) is 10.7 Å². The molecule has 4 N–H and O–H groups in total. The summed E-state index contributed by atoms with van der Waals surface area (Å²) in [5, 5.41) is 30.8. The van der Waals surface area contributed by atoms with E-state index in [9.17, 15) is 10.1 Å². The largest absolute Gasteiger partial charge is 0.497 e. The maximum Gasteiger partial charge on any atom is 0.275 e. The Hall–Kier alpha value is -4.13. The Morgan fingerprint density at radius 1 is 1.27 bits per heavy atom. The Kier molecular flexibility index (Phi) is 5.68. The summed E-state index contributed by atoms with van der Waals surface area (Å²) in [6.07, 6.45) is 0. The van der Waals surface area contributed by atoms with Crippen molar-refractivity contribution >= 4 is 22.9 Å². The molecule has 0 saturated heterocycles. The lowest BCUT2D eigenvalue weighted by atomic mass is 10.2. The third kappa shape index (κ3) is 4.68. The van der Waals surface area contributed by atoms with Gasteiger partial charge in [-0.05, 0) is 24.3 Å². The van der Waals surface area contributed by atoms with Crippen molar-refractivity contribution in [3.8, 4) is 23.3 Å². The summed E-state index contributed by atoms with van der Waals surface area (Å²) in [5.74, 6) is 0.743. The van der Waals surface area contributed by atoms with Crippen LogP contribution in [0.2, 0.25) is 0 Å². The van der Waals surface area contributed by atoms with Crippen LogP contribution in [0.3, 0.4) is 0 Å². The molecular weight excluding hydrogens is 340 g/mol. The highest BCUT2D eigenvalue weighted by atomic mass is 16.6. The summed E-state index contributed by atoms with van der Waals surface area (Å²) in [5.41, 5.74) is 7.25. The summed E-state index contributed by atoms with van der Waals surface area (Å²) >= 11 is 0. The first kappa shape index (κ1) is 18.2. The van der Waals surface area contributed by atoms with Crippen LogP contribution in [0, 0.1) is 26.9 Å². The van der Waals surface area contributed by atoms with E-state index in [-0.39, 0.29) is 22.8 Å². The fourth-order valence-electron chi connectivity index (χ4n) is 1.86. The van der Waals surface area contributed by atoms with Gasteiger partial charge in [-0.2, -0.15) is 10.4 Å². The molecule has 0 aliphatic rings. The Morgan fingerprint density at radius 2 is 1.92 bits per heavy atom. The van der Waals surface area contributed by atoms with Crippen molar-refractivity contribution in [3.05, 3.63) is 52.6 Å². The number of nitrogens with one attached hydrogen (secondary N) is 2. The summed E-state index contributed by atoms with van der Waals surface area (Å²) in [7, 11) is 1.53. The van der Waals surface area contributed by atoms with Crippen molar-refractivity contribution in [2.45, 2.75) is 0 Å². The van der Waals surface area contributed by atoms with Gasteiger partial charge in [0.1, 0.15) is 23.3 Å². The lowest BCUT2D eigenvalue weighted by Crippen LogP contribution is -2.21. The lowest BCUT2D eigenvalue weighted by Gasteiger charge is -2.09. The molecule has 2 rings (SSSR count). The molecule has 132 valence electrons. The van der Waals surface area contributed by atoms with Crippen LogP contribution < -0.4 is 20.6 Å². The minimum atomic E-state index is -0.591. The summed E-state index contributed by atoms with van der Waals surface area (Å²) in [4.78, 5) is 10.5. The molecule has 0 bridgehead atoms. The average Bonchev–Trinajstić information content (AvgIpc) is 2.62. The number of nitrogens with zero attached hydrogens (tertiary/aromatic N) is 3. The van der Waals surface area contributed by atoms with E-state index in [1.165, 1.54) is 25.3 Å². The van der Waals surface area contributed by atoms with Gasteiger partial charge < -0.3 is 15.2 Å². The molecule has 0 radical (unpaired) electrons. The summed E-state index contributed by atoms with van der Waals surface area (Å²) < 4.78 is 10.7. The van der Waals surface area contributed by atoms with E-state index in [0.29, 0.717) is 11.5 Å². The maximum atomic E-state index is 11.1. The van der Waals surface area contributed by atoms with Crippen LogP contribution in [-0.4, -0.2) is 23.6 Å². The zero-order valence-corrected chi connectivity index (χ0v) is 13.6.